The molecule has 2 amide bonds. The SMILES string of the molecule is O=C1C=C(Nc2ccc(Oc3c(Cl)cc(C(F)(F)F)cc3Cl)cc2)C(=O)N1CCO. The van der Waals surface area contributed by atoms with Crippen molar-refractivity contribution < 1.29 is 32.6 Å². The largest absolute Gasteiger partial charge is 0.454 e. The van der Waals surface area contributed by atoms with Crippen molar-refractivity contribution in [2.24, 2.45) is 0 Å². The minimum Gasteiger partial charge on any atom is -0.454 e. The van der Waals surface area contributed by atoms with Crippen molar-refractivity contribution >= 4 is 40.7 Å². The number of rotatable bonds is 6. The van der Waals surface area contributed by atoms with Crippen LogP contribution >= 0.6 is 23.2 Å². The molecule has 30 heavy (non-hydrogen) atoms. The minimum atomic E-state index is -4.60. The maximum atomic E-state index is 12.8. The Morgan fingerprint density at radius 2 is 1.67 bits per heavy atom. The number of anilines is 1. The van der Waals surface area contributed by atoms with Crippen LogP contribution in [-0.4, -0.2) is 35.0 Å². The van der Waals surface area contributed by atoms with Gasteiger partial charge >= 0.3 is 6.18 Å². The summed E-state index contributed by atoms with van der Waals surface area (Å²) in [5.74, 6) is -1.01. The molecular formula is C19H13Cl2F3N2O4. The van der Waals surface area contributed by atoms with Crippen LogP contribution in [0, 0.1) is 0 Å². The Morgan fingerprint density at radius 3 is 2.20 bits per heavy atom. The number of carbonyl (C=O) groups excluding carboxylic acids is 2. The molecule has 0 radical (unpaired) electrons. The van der Waals surface area contributed by atoms with Crippen molar-refractivity contribution in [3.05, 3.63) is 63.8 Å². The standard InChI is InChI=1S/C19H13Cl2F3N2O4/c20-13-7-10(19(22,23)24)8-14(21)17(13)30-12-3-1-11(2-4-12)25-15-9-16(28)26(5-6-27)18(15)29/h1-4,7-9,25,27H,5-6H2. The molecule has 6 nitrogen and oxygen atoms in total. The Bertz CT molecular complexity index is 1000. The van der Waals surface area contributed by atoms with E-state index in [2.05, 4.69) is 5.32 Å². The number of hydrogen-bond acceptors (Lipinski definition) is 5. The molecule has 0 fully saturated rings. The van der Waals surface area contributed by atoms with Crippen LogP contribution in [-0.2, 0) is 15.8 Å². The van der Waals surface area contributed by atoms with Crippen molar-refractivity contribution in [1.29, 1.82) is 0 Å². The van der Waals surface area contributed by atoms with Crippen LogP contribution < -0.4 is 10.1 Å². The fourth-order valence-corrected chi connectivity index (χ4v) is 3.17. The van der Waals surface area contributed by atoms with E-state index < -0.39 is 23.6 Å². The third-order valence-electron chi connectivity index (χ3n) is 4.01. The fourth-order valence-electron chi connectivity index (χ4n) is 2.61. The minimum absolute atomic E-state index is 0.0379. The van der Waals surface area contributed by atoms with Gasteiger partial charge in [-0.25, -0.2) is 0 Å². The lowest BCUT2D eigenvalue weighted by atomic mass is 10.2. The molecule has 0 saturated heterocycles. The first-order valence-electron chi connectivity index (χ1n) is 8.39. The van der Waals surface area contributed by atoms with Crippen LogP contribution in [0.15, 0.2) is 48.2 Å². The Hall–Kier alpha value is -2.75. The van der Waals surface area contributed by atoms with Gasteiger partial charge in [-0.3, -0.25) is 14.5 Å². The highest BCUT2D eigenvalue weighted by atomic mass is 35.5. The topological polar surface area (TPSA) is 78.9 Å². The van der Waals surface area contributed by atoms with Gasteiger partial charge in [-0.1, -0.05) is 23.2 Å². The lowest BCUT2D eigenvalue weighted by molar-refractivity contribution is -0.138. The summed E-state index contributed by atoms with van der Waals surface area (Å²) < 4.78 is 43.9. The lowest BCUT2D eigenvalue weighted by Gasteiger charge is -2.14. The summed E-state index contributed by atoms with van der Waals surface area (Å²) >= 11 is 11.8. The predicted molar refractivity (Wildman–Crippen MR) is 103 cm³/mol. The van der Waals surface area contributed by atoms with Gasteiger partial charge in [0, 0.05) is 11.8 Å². The third-order valence-corrected chi connectivity index (χ3v) is 4.57. The van der Waals surface area contributed by atoms with Crippen molar-refractivity contribution in [3.8, 4) is 11.5 Å². The second-order valence-corrected chi connectivity index (χ2v) is 6.91. The quantitative estimate of drug-likeness (QED) is 0.622. The van der Waals surface area contributed by atoms with Crippen LogP contribution in [0.5, 0.6) is 11.5 Å². The van der Waals surface area contributed by atoms with Gasteiger partial charge in [0.2, 0.25) is 0 Å². The van der Waals surface area contributed by atoms with Crippen LogP contribution in [0.1, 0.15) is 5.56 Å². The monoisotopic (exact) mass is 460 g/mol. The first kappa shape index (κ1) is 21.9. The van der Waals surface area contributed by atoms with E-state index in [0.717, 1.165) is 11.0 Å². The van der Waals surface area contributed by atoms with Gasteiger partial charge in [0.15, 0.2) is 5.75 Å². The zero-order valence-corrected chi connectivity index (χ0v) is 16.5. The summed E-state index contributed by atoms with van der Waals surface area (Å²) in [6, 6.07) is 7.42. The number of imide groups is 1. The second kappa shape index (κ2) is 8.55. The van der Waals surface area contributed by atoms with Crippen LogP contribution in [0.4, 0.5) is 18.9 Å². The van der Waals surface area contributed by atoms with Crippen LogP contribution in [0.2, 0.25) is 10.0 Å². The van der Waals surface area contributed by atoms with Crippen molar-refractivity contribution in [1.82, 2.24) is 4.90 Å². The zero-order valence-electron chi connectivity index (χ0n) is 15.0. The number of halogens is 5. The zero-order chi connectivity index (χ0) is 22.1. The molecule has 0 unspecified atom stereocenters. The number of β-amino-alcohol motifs (C(OH)–C–C–N with tert-alkyl or cyclic N) is 1. The molecule has 3 rings (SSSR count). The van der Waals surface area contributed by atoms with Gasteiger partial charge in [-0.15, -0.1) is 0 Å². The van der Waals surface area contributed by atoms with Gasteiger partial charge in [0.1, 0.15) is 11.4 Å². The van der Waals surface area contributed by atoms with E-state index in [9.17, 15) is 22.8 Å². The molecule has 0 aliphatic carbocycles. The Balaban J connectivity index is 1.72. The van der Waals surface area contributed by atoms with Gasteiger partial charge in [0.25, 0.3) is 11.8 Å². The Kier molecular flexibility index (Phi) is 6.25. The molecule has 1 aliphatic heterocycles. The summed E-state index contributed by atoms with van der Waals surface area (Å²) in [7, 11) is 0. The summed E-state index contributed by atoms with van der Waals surface area (Å²) in [6.45, 7) is -0.458. The molecule has 0 bridgehead atoms. The number of alkyl halides is 3. The highest BCUT2D eigenvalue weighted by Gasteiger charge is 2.32. The summed E-state index contributed by atoms with van der Waals surface area (Å²) in [5.41, 5.74) is -0.509. The van der Waals surface area contributed by atoms with Crippen LogP contribution in [0.3, 0.4) is 0 Å². The molecule has 158 valence electrons. The first-order chi connectivity index (χ1) is 14.1. The maximum absolute atomic E-state index is 12.8. The molecule has 0 atom stereocenters. The van der Waals surface area contributed by atoms with E-state index in [1.807, 2.05) is 0 Å². The number of benzene rings is 2. The van der Waals surface area contributed by atoms with Crippen LogP contribution in [0.25, 0.3) is 0 Å². The van der Waals surface area contributed by atoms with E-state index in [1.54, 1.807) is 0 Å². The van der Waals surface area contributed by atoms with E-state index >= 15 is 0 Å². The smallest absolute Gasteiger partial charge is 0.416 e. The fraction of sp³-hybridized carbons (Fsp3) is 0.158. The van der Waals surface area contributed by atoms with E-state index in [4.69, 9.17) is 33.0 Å². The van der Waals surface area contributed by atoms with Gasteiger partial charge in [-0.2, -0.15) is 13.2 Å². The molecule has 0 aromatic heterocycles. The van der Waals surface area contributed by atoms with E-state index in [-0.39, 0.29) is 40.4 Å². The number of nitrogens with one attached hydrogen (secondary N) is 1. The van der Waals surface area contributed by atoms with Crippen molar-refractivity contribution in [2.75, 3.05) is 18.5 Å². The van der Waals surface area contributed by atoms with E-state index in [0.29, 0.717) is 17.8 Å². The number of carbonyl (C=O) groups is 2. The number of ether oxygens (including phenoxy) is 1. The molecule has 0 spiro atoms. The summed E-state index contributed by atoms with van der Waals surface area (Å²) in [4.78, 5) is 24.8. The Labute approximate surface area is 178 Å². The van der Waals surface area contributed by atoms with E-state index in [1.165, 1.54) is 24.3 Å². The molecule has 2 aromatic carbocycles. The molecule has 11 heteroatoms. The van der Waals surface area contributed by atoms with Gasteiger partial charge in [0.05, 0.1) is 28.8 Å². The van der Waals surface area contributed by atoms with Crippen molar-refractivity contribution in [2.45, 2.75) is 6.18 Å². The molecular weight excluding hydrogens is 448 g/mol. The predicted octanol–water partition coefficient (Wildman–Crippen LogP) is 4.46. The normalized spacial score (nSPS) is 14.2. The molecule has 2 aromatic rings. The highest BCUT2D eigenvalue weighted by Crippen LogP contribution is 2.41. The Morgan fingerprint density at radius 1 is 1.07 bits per heavy atom. The number of aliphatic hydroxyl groups is 1. The number of amides is 2. The van der Waals surface area contributed by atoms with Crippen molar-refractivity contribution in [3.63, 3.8) is 0 Å². The lowest BCUT2D eigenvalue weighted by Crippen LogP contribution is -2.34. The van der Waals surface area contributed by atoms with Gasteiger partial charge < -0.3 is 15.2 Å². The second-order valence-electron chi connectivity index (χ2n) is 6.09. The molecule has 1 heterocycles. The first-order valence-corrected chi connectivity index (χ1v) is 9.15. The number of aliphatic hydroxyl groups excluding tert-OH is 1. The number of nitrogens with zero attached hydrogens (tertiary/aromatic N) is 1. The van der Waals surface area contributed by atoms with Gasteiger partial charge in [-0.05, 0) is 36.4 Å². The molecule has 2 N–H and O–H groups in total. The highest BCUT2D eigenvalue weighted by molar-refractivity contribution is 6.37. The average Bonchev–Trinajstić information content (AvgIpc) is 2.93. The maximum Gasteiger partial charge on any atom is 0.416 e. The summed E-state index contributed by atoms with van der Waals surface area (Å²) in [6.07, 6.45) is -3.48. The number of hydrogen-bond donors (Lipinski definition) is 2. The summed E-state index contributed by atoms with van der Waals surface area (Å²) in [5, 5.41) is 11.1. The molecule has 1 aliphatic rings. The third kappa shape index (κ3) is 4.69. The molecule has 0 saturated carbocycles. The average molecular weight is 461 g/mol.